The Hall–Kier alpha value is -0.970. The maximum Gasteiger partial charge on any atom is 0.138 e. The number of nitrogens with zero attached hydrogens (tertiary/aromatic N) is 1. The number of halogens is 3. The normalized spacial score (nSPS) is 20.0. The molecule has 5 heteroatoms. The highest BCUT2D eigenvalue weighted by Gasteiger charge is 2.19. The minimum atomic E-state index is -0.490. The second-order valence-electron chi connectivity index (χ2n) is 3.48. The summed E-state index contributed by atoms with van der Waals surface area (Å²) in [6, 6.07) is 2.42. The van der Waals surface area contributed by atoms with E-state index in [0.29, 0.717) is 12.4 Å². The van der Waals surface area contributed by atoms with Crippen LogP contribution in [0.3, 0.4) is 0 Å². The van der Waals surface area contributed by atoms with Gasteiger partial charge in [0.1, 0.15) is 17.5 Å². The highest BCUT2D eigenvalue weighted by molar-refractivity contribution is 9.10. The molecule has 0 aliphatic carbocycles. The molecular formula is C10H9BrF2N2. The van der Waals surface area contributed by atoms with Crippen molar-refractivity contribution in [3.8, 4) is 0 Å². The van der Waals surface area contributed by atoms with Crippen LogP contribution in [-0.2, 0) is 0 Å². The maximum absolute atomic E-state index is 13.5. The number of nitrogens with one attached hydrogen (secondary N) is 1. The van der Waals surface area contributed by atoms with E-state index in [2.05, 4.69) is 26.2 Å². The Morgan fingerprint density at radius 2 is 2.13 bits per heavy atom. The van der Waals surface area contributed by atoms with Gasteiger partial charge in [-0.05, 0) is 35.0 Å². The van der Waals surface area contributed by atoms with Crippen molar-refractivity contribution in [3.63, 3.8) is 0 Å². The molecule has 0 amide bonds. The SMILES string of the molecule is CC1CN=C(c2cc(F)c(Br)cc2F)N1. The minimum absolute atomic E-state index is 0.121. The summed E-state index contributed by atoms with van der Waals surface area (Å²) in [6.07, 6.45) is 0. The van der Waals surface area contributed by atoms with Gasteiger partial charge in [0, 0.05) is 6.04 Å². The molecule has 1 aromatic carbocycles. The average molecular weight is 275 g/mol. The van der Waals surface area contributed by atoms with Crippen LogP contribution in [0.4, 0.5) is 8.78 Å². The van der Waals surface area contributed by atoms with Gasteiger partial charge in [0.25, 0.3) is 0 Å². The van der Waals surface area contributed by atoms with Gasteiger partial charge in [-0.3, -0.25) is 4.99 Å². The third kappa shape index (κ3) is 2.02. The van der Waals surface area contributed by atoms with Crippen LogP contribution < -0.4 is 5.32 Å². The topological polar surface area (TPSA) is 24.4 Å². The number of aliphatic imine (C=N–C) groups is 1. The zero-order valence-corrected chi connectivity index (χ0v) is 9.61. The number of benzene rings is 1. The van der Waals surface area contributed by atoms with Crippen molar-refractivity contribution in [3.05, 3.63) is 33.8 Å². The van der Waals surface area contributed by atoms with Gasteiger partial charge >= 0.3 is 0 Å². The molecule has 1 aromatic rings. The average Bonchev–Trinajstić information content (AvgIpc) is 2.58. The maximum atomic E-state index is 13.5. The predicted molar refractivity (Wildman–Crippen MR) is 58.1 cm³/mol. The third-order valence-corrected chi connectivity index (χ3v) is 2.78. The van der Waals surface area contributed by atoms with Crippen LogP contribution >= 0.6 is 15.9 Å². The number of amidine groups is 1. The smallest absolute Gasteiger partial charge is 0.138 e. The Labute approximate surface area is 94.5 Å². The Bertz CT molecular complexity index is 432. The zero-order chi connectivity index (χ0) is 11.0. The lowest BCUT2D eigenvalue weighted by Crippen LogP contribution is -2.28. The van der Waals surface area contributed by atoms with Crippen LogP contribution in [0.15, 0.2) is 21.6 Å². The molecule has 1 heterocycles. The van der Waals surface area contributed by atoms with E-state index >= 15 is 0 Å². The molecule has 2 nitrogen and oxygen atoms in total. The van der Waals surface area contributed by atoms with E-state index < -0.39 is 11.6 Å². The Morgan fingerprint density at radius 3 is 2.73 bits per heavy atom. The Balaban J connectivity index is 2.41. The lowest BCUT2D eigenvalue weighted by atomic mass is 10.2. The quantitative estimate of drug-likeness (QED) is 0.782. The molecule has 0 bridgehead atoms. The fraction of sp³-hybridized carbons (Fsp3) is 0.300. The van der Waals surface area contributed by atoms with E-state index in [4.69, 9.17) is 0 Å². The van der Waals surface area contributed by atoms with Crippen LogP contribution in [0.25, 0.3) is 0 Å². The van der Waals surface area contributed by atoms with Crippen LogP contribution in [0, 0.1) is 11.6 Å². The van der Waals surface area contributed by atoms with Crippen molar-refractivity contribution in [2.75, 3.05) is 6.54 Å². The van der Waals surface area contributed by atoms with Gasteiger partial charge in [-0.15, -0.1) is 0 Å². The molecule has 15 heavy (non-hydrogen) atoms. The Morgan fingerprint density at radius 1 is 1.40 bits per heavy atom. The monoisotopic (exact) mass is 274 g/mol. The van der Waals surface area contributed by atoms with Crippen molar-refractivity contribution < 1.29 is 8.78 Å². The molecule has 0 saturated heterocycles. The molecule has 0 fully saturated rings. The predicted octanol–water partition coefficient (Wildman–Crippen LogP) is 2.47. The van der Waals surface area contributed by atoms with Crippen molar-refractivity contribution in [1.82, 2.24) is 5.32 Å². The first kappa shape index (κ1) is 10.5. The van der Waals surface area contributed by atoms with E-state index in [1.54, 1.807) is 0 Å². The molecule has 1 aliphatic rings. The highest BCUT2D eigenvalue weighted by Crippen LogP contribution is 2.21. The summed E-state index contributed by atoms with van der Waals surface area (Å²) >= 11 is 2.93. The van der Waals surface area contributed by atoms with Crippen molar-refractivity contribution >= 4 is 21.8 Å². The van der Waals surface area contributed by atoms with Crippen molar-refractivity contribution in [2.24, 2.45) is 4.99 Å². The second-order valence-corrected chi connectivity index (χ2v) is 4.34. The first-order valence-corrected chi connectivity index (χ1v) is 5.33. The molecular weight excluding hydrogens is 266 g/mol. The van der Waals surface area contributed by atoms with E-state index in [-0.39, 0.29) is 16.1 Å². The van der Waals surface area contributed by atoms with Crippen LogP contribution in [0.5, 0.6) is 0 Å². The summed E-state index contributed by atoms with van der Waals surface area (Å²) in [5.41, 5.74) is 0.181. The molecule has 0 saturated carbocycles. The van der Waals surface area contributed by atoms with Gasteiger partial charge in [-0.25, -0.2) is 8.78 Å². The standard InChI is InChI=1S/C10H9BrF2N2/c1-5-4-14-10(15-5)6-2-9(13)7(11)3-8(6)12/h2-3,5H,4H2,1H3,(H,14,15). The molecule has 0 aromatic heterocycles. The molecule has 2 rings (SSSR count). The molecule has 1 atom stereocenters. The van der Waals surface area contributed by atoms with E-state index in [1.165, 1.54) is 0 Å². The fourth-order valence-corrected chi connectivity index (χ4v) is 1.74. The number of hydrogen-bond acceptors (Lipinski definition) is 2. The lowest BCUT2D eigenvalue weighted by molar-refractivity contribution is 0.591. The van der Waals surface area contributed by atoms with Crippen molar-refractivity contribution in [1.29, 1.82) is 0 Å². The number of rotatable bonds is 1. The molecule has 1 unspecified atom stereocenters. The molecule has 80 valence electrons. The van der Waals surface area contributed by atoms with Gasteiger partial charge in [0.05, 0.1) is 16.6 Å². The molecule has 1 aliphatic heterocycles. The molecule has 0 spiro atoms. The minimum Gasteiger partial charge on any atom is -0.365 e. The molecule has 0 radical (unpaired) electrons. The third-order valence-electron chi connectivity index (χ3n) is 2.17. The van der Waals surface area contributed by atoms with Gasteiger partial charge < -0.3 is 5.32 Å². The lowest BCUT2D eigenvalue weighted by Gasteiger charge is -2.07. The summed E-state index contributed by atoms with van der Waals surface area (Å²) in [7, 11) is 0. The first-order valence-electron chi connectivity index (χ1n) is 4.54. The number of hydrogen-bond donors (Lipinski definition) is 1. The summed E-state index contributed by atoms with van der Waals surface area (Å²) in [6.45, 7) is 2.52. The summed E-state index contributed by atoms with van der Waals surface area (Å²) in [5, 5.41) is 2.99. The van der Waals surface area contributed by atoms with Gasteiger partial charge in [0.15, 0.2) is 0 Å². The van der Waals surface area contributed by atoms with Crippen LogP contribution in [0.1, 0.15) is 12.5 Å². The van der Waals surface area contributed by atoms with Gasteiger partial charge in [0.2, 0.25) is 0 Å². The fourth-order valence-electron chi connectivity index (χ4n) is 1.42. The van der Waals surface area contributed by atoms with Gasteiger partial charge in [-0.2, -0.15) is 0 Å². The van der Waals surface area contributed by atoms with Crippen LogP contribution in [0.2, 0.25) is 0 Å². The first-order chi connectivity index (χ1) is 7.08. The second kappa shape index (κ2) is 3.89. The van der Waals surface area contributed by atoms with E-state index in [1.807, 2.05) is 6.92 Å². The largest absolute Gasteiger partial charge is 0.365 e. The van der Waals surface area contributed by atoms with E-state index in [0.717, 1.165) is 12.1 Å². The van der Waals surface area contributed by atoms with Crippen molar-refractivity contribution in [2.45, 2.75) is 13.0 Å². The zero-order valence-electron chi connectivity index (χ0n) is 8.02. The Kier molecular flexibility index (Phi) is 2.73. The van der Waals surface area contributed by atoms with E-state index in [9.17, 15) is 8.78 Å². The summed E-state index contributed by atoms with van der Waals surface area (Å²) < 4.78 is 26.8. The summed E-state index contributed by atoms with van der Waals surface area (Å²) in [5.74, 6) is -0.550. The summed E-state index contributed by atoms with van der Waals surface area (Å²) in [4.78, 5) is 4.10. The highest BCUT2D eigenvalue weighted by atomic mass is 79.9. The van der Waals surface area contributed by atoms with Gasteiger partial charge in [-0.1, -0.05) is 0 Å². The molecule has 1 N–H and O–H groups in total. The van der Waals surface area contributed by atoms with Crippen LogP contribution in [-0.4, -0.2) is 18.4 Å².